The van der Waals surface area contributed by atoms with Gasteiger partial charge in [-0.3, -0.25) is 14.4 Å². The van der Waals surface area contributed by atoms with Crippen molar-refractivity contribution in [3.8, 4) is 0 Å². The van der Waals surface area contributed by atoms with Gasteiger partial charge in [0.25, 0.3) is 0 Å². The van der Waals surface area contributed by atoms with Crippen LogP contribution in [0.5, 0.6) is 0 Å². The fourth-order valence-corrected chi connectivity index (χ4v) is 10.1. The molecule has 0 saturated carbocycles. The van der Waals surface area contributed by atoms with E-state index in [1.54, 1.807) is 0 Å². The third-order valence-electron chi connectivity index (χ3n) is 8.35. The van der Waals surface area contributed by atoms with Gasteiger partial charge in [0, 0.05) is 16.5 Å². The van der Waals surface area contributed by atoms with Crippen LogP contribution in [0.15, 0.2) is 96.3 Å². The number of fused-ring (bicyclic) bond motifs is 2. The van der Waals surface area contributed by atoms with Gasteiger partial charge in [-0.25, -0.2) is 50.5 Å². The van der Waals surface area contributed by atoms with E-state index >= 15 is 0 Å². The smallest absolute Gasteiger partial charge is 0.744 e. The molecule has 26 nitrogen and oxygen atoms in total. The first-order valence-electron chi connectivity index (χ1n) is 16.5. The Bertz CT molecular complexity index is 3600. The third-order valence-corrected chi connectivity index (χ3v) is 14.2. The van der Waals surface area contributed by atoms with Crippen LogP contribution in [0.2, 0.25) is 5.28 Å². The summed E-state index contributed by atoms with van der Waals surface area (Å²) in [6, 6.07) is 9.90. The van der Waals surface area contributed by atoms with Gasteiger partial charge in [0.2, 0.25) is 33.4 Å². The number of ketones is 1. The number of hydrogen-bond acceptors (Lipinski definition) is 26. The van der Waals surface area contributed by atoms with Crippen molar-refractivity contribution in [2.24, 2.45) is 5.10 Å². The van der Waals surface area contributed by atoms with Crippen LogP contribution in [-0.4, -0.2) is 112 Å². The van der Waals surface area contributed by atoms with E-state index in [0.29, 0.717) is 18.2 Å². The van der Waals surface area contributed by atoms with Crippen LogP contribution in [-0.2, 0) is 64.9 Å². The summed E-state index contributed by atoms with van der Waals surface area (Å²) in [5.41, 5.74) is -2.14. The van der Waals surface area contributed by atoms with E-state index in [2.05, 4.69) is 34.9 Å². The number of nitrogens with one attached hydrogen (secondary N) is 3. The number of sulfone groups is 1. The molecular weight excluding hydrogens is 1200 g/mol. The van der Waals surface area contributed by atoms with Crippen molar-refractivity contribution in [3.63, 3.8) is 0 Å². The third kappa shape index (κ3) is 18.3. The quantitative estimate of drug-likeness (QED) is 0.0379. The molecule has 38 heteroatoms. The average molecular weight is 1220 g/mol. The van der Waals surface area contributed by atoms with Crippen molar-refractivity contribution < 1.29 is 339 Å². The van der Waals surface area contributed by atoms with E-state index < -0.39 is 155 Å². The zero-order chi connectivity index (χ0) is 47.4. The number of hydrogen-bond donors (Lipinski definition) is 3. The van der Waals surface area contributed by atoms with Gasteiger partial charge in [-0.05, 0) is 71.8 Å². The summed E-state index contributed by atoms with van der Waals surface area (Å²) in [6.45, 7) is -0.962. The standard InChI is InChI=1S/C31H24ClN7O19S6.5K/c32-29-35-30(33-16-4-6-17(7-5-16)59(41,42)11-10-58-64(55,56)57)37-31(36-29)34-22-14-18(60(43,44)45)12-15-13-24(62(49,50)51)26(27(40)25(15)22)39-38-21-9-8-19-20(28(21)63(52,53)54)2-1-3-23(19)61(46,47)48;;;;;/h1-9,12-14,38H,10-11H2,(H,43,44,45)(H,46,47,48)(H,49,50,51)(H,52,53,54)(H,55,56,57)(H2,33,34,35,36,37);;;;;/q;5*+1/p-5. The maximum Gasteiger partial charge on any atom is 1.00 e. The topological polar surface area (TPSA) is 434 Å². The average Bonchev–Trinajstić information content (AvgIpc) is 3.14. The number of carbonyl (C=O) groups is 1. The Morgan fingerprint density at radius 3 is 1.75 bits per heavy atom. The zero-order valence-corrected chi connectivity index (χ0v) is 57.0. The van der Waals surface area contributed by atoms with Gasteiger partial charge >= 0.3 is 257 Å². The second-order valence-corrected chi connectivity index (χ2v) is 21.4. The molecule has 1 aromatic heterocycles. The monoisotopic (exact) mass is 1210 g/mol. The van der Waals surface area contributed by atoms with Crippen molar-refractivity contribution in [2.75, 3.05) is 28.4 Å². The summed E-state index contributed by atoms with van der Waals surface area (Å²) in [4.78, 5) is 20.7. The first-order valence-corrected chi connectivity index (χ1v) is 25.5. The number of halogens is 1. The van der Waals surface area contributed by atoms with Crippen molar-refractivity contribution in [3.05, 3.63) is 88.0 Å². The number of nitrogens with zero attached hydrogens (tertiary/aromatic N) is 4. The minimum atomic E-state index is -5.77. The second kappa shape index (κ2) is 27.4. The Hall–Kier alpha value is 2.56. The number of benzene rings is 4. The number of aromatic nitrogens is 3. The minimum Gasteiger partial charge on any atom is -0.744 e. The van der Waals surface area contributed by atoms with Gasteiger partial charge in [-0.2, -0.15) is 20.1 Å². The first kappa shape index (κ1) is 69.6. The summed E-state index contributed by atoms with van der Waals surface area (Å²) in [5.74, 6) is -3.44. The van der Waals surface area contributed by atoms with Gasteiger partial charge in [-0.1, -0.05) is 18.2 Å². The summed E-state index contributed by atoms with van der Waals surface area (Å²) in [5, 5.41) is 6.90. The molecule has 0 fully saturated rings. The second-order valence-electron chi connectivity index (χ2n) is 12.5. The summed E-state index contributed by atoms with van der Waals surface area (Å²) >= 11 is 6.07. The molecule has 1 aliphatic carbocycles. The largest absolute Gasteiger partial charge is 1.00 e. The molecule has 0 aliphatic heterocycles. The number of rotatable bonds is 15. The molecule has 1 aliphatic rings. The summed E-state index contributed by atoms with van der Waals surface area (Å²) in [7, 11) is -31.4. The molecule has 340 valence electrons. The van der Waals surface area contributed by atoms with E-state index in [1.165, 1.54) is 12.1 Å². The Kier molecular flexibility index (Phi) is 27.7. The van der Waals surface area contributed by atoms with Gasteiger partial charge in [0.15, 0.2) is 9.84 Å². The molecule has 4 aromatic carbocycles. The van der Waals surface area contributed by atoms with Crippen molar-refractivity contribution in [1.29, 1.82) is 0 Å². The molecule has 0 atom stereocenters. The van der Waals surface area contributed by atoms with Crippen LogP contribution in [0.1, 0.15) is 15.9 Å². The molecular formula is C31H19ClK5N7O19S6. The summed E-state index contributed by atoms with van der Waals surface area (Å²) < 4.78 is 208. The molecule has 0 saturated heterocycles. The van der Waals surface area contributed by atoms with E-state index in [1.807, 2.05) is 5.43 Å². The molecule has 0 amide bonds. The SMILES string of the molecule is O=C1C(=NNc2ccc3c(S(=O)(=O)[O-])cccc3c2S(=O)(=O)[O-])C(S(=O)(=O)[O-])=Cc2cc(S(=O)(=O)[O-])cc(Nc3nc(Cl)nc(Nc4ccc(S(=O)(=O)CCOS(=O)(=O)[O-])cc4)n3)c21.[K+].[K+].[K+].[K+].[K+]. The van der Waals surface area contributed by atoms with E-state index in [0.717, 1.165) is 42.5 Å². The number of carbonyl (C=O) groups excluding carboxylic acids is 1. The first-order chi connectivity index (χ1) is 29.4. The van der Waals surface area contributed by atoms with Crippen LogP contribution in [0.3, 0.4) is 0 Å². The molecule has 0 unspecified atom stereocenters. The number of anilines is 5. The maximum absolute atomic E-state index is 14.1. The van der Waals surface area contributed by atoms with Crippen molar-refractivity contribution in [2.45, 2.75) is 19.6 Å². The predicted molar refractivity (Wildman–Crippen MR) is 213 cm³/mol. The number of allylic oxidation sites excluding steroid dienone is 1. The maximum atomic E-state index is 14.1. The van der Waals surface area contributed by atoms with Crippen molar-refractivity contribution in [1.82, 2.24) is 15.0 Å². The van der Waals surface area contributed by atoms with Crippen LogP contribution >= 0.6 is 11.6 Å². The fraction of sp³-hybridized carbons (Fsp3) is 0.0645. The predicted octanol–water partition coefficient (Wildman–Crippen LogP) is -14.3. The molecule has 0 radical (unpaired) electrons. The van der Waals surface area contributed by atoms with Crippen LogP contribution in [0, 0.1) is 0 Å². The molecule has 6 rings (SSSR count). The van der Waals surface area contributed by atoms with Crippen LogP contribution in [0.4, 0.5) is 29.0 Å². The van der Waals surface area contributed by atoms with Gasteiger partial charge in [0.1, 0.15) is 46.2 Å². The Balaban J connectivity index is 0.00000476. The van der Waals surface area contributed by atoms with Crippen molar-refractivity contribution >= 4 is 130 Å². The Morgan fingerprint density at radius 1 is 0.623 bits per heavy atom. The normalized spacial score (nSPS) is 13.5. The zero-order valence-electron chi connectivity index (χ0n) is 35.7. The van der Waals surface area contributed by atoms with E-state index in [9.17, 15) is 78.1 Å². The van der Waals surface area contributed by atoms with E-state index in [-0.39, 0.29) is 268 Å². The molecule has 0 bridgehead atoms. The molecule has 5 aromatic rings. The minimum absolute atomic E-state index is 0. The molecule has 3 N–H and O–H groups in total. The van der Waals surface area contributed by atoms with Gasteiger partial charge in [0.05, 0.1) is 53.8 Å². The van der Waals surface area contributed by atoms with Crippen LogP contribution in [0.25, 0.3) is 16.8 Å². The summed E-state index contributed by atoms with van der Waals surface area (Å²) in [6.07, 6.45) is 0.437. The molecule has 1 heterocycles. The fourth-order valence-electron chi connectivity index (χ4n) is 5.80. The number of hydrazone groups is 1. The number of Topliss-reactive ketones (excluding diaryl/α,β-unsaturated/α-hetero) is 1. The van der Waals surface area contributed by atoms with Gasteiger partial charge in [-0.15, -0.1) is 0 Å². The van der Waals surface area contributed by atoms with Crippen LogP contribution < -0.4 is 273 Å². The molecule has 0 spiro atoms. The molecule has 69 heavy (non-hydrogen) atoms. The van der Waals surface area contributed by atoms with E-state index in [4.69, 9.17) is 11.6 Å². The van der Waals surface area contributed by atoms with Gasteiger partial charge < -0.3 is 33.4 Å². The Morgan fingerprint density at radius 2 is 1.22 bits per heavy atom. The Labute approximate surface area is 610 Å².